The van der Waals surface area contributed by atoms with E-state index in [-0.39, 0.29) is 29.3 Å². The number of anilines is 2. The summed E-state index contributed by atoms with van der Waals surface area (Å²) in [6, 6.07) is 5.68. The topological polar surface area (TPSA) is 146 Å². The number of amides is 2. The van der Waals surface area contributed by atoms with E-state index in [0.717, 1.165) is 12.1 Å². The molecule has 1 aromatic carbocycles. The summed E-state index contributed by atoms with van der Waals surface area (Å²) in [4.78, 5) is 33.3. The van der Waals surface area contributed by atoms with Gasteiger partial charge in [-0.1, -0.05) is 6.92 Å². The highest BCUT2D eigenvalue weighted by atomic mass is 19.4. The number of rotatable bonds is 9. The first-order valence-electron chi connectivity index (χ1n) is 9.56. The van der Waals surface area contributed by atoms with Gasteiger partial charge in [-0.15, -0.1) is 13.2 Å². The van der Waals surface area contributed by atoms with Gasteiger partial charge in [-0.2, -0.15) is 4.98 Å². The maximum absolute atomic E-state index is 12.2. The first-order valence-corrected chi connectivity index (χ1v) is 9.56. The standard InChI is InChI=1S/C19H21F3N6O4/c1-2-13(16(23)29)25-15-7-14(17(24)30)26-18(27-15)28-8-12(9-28)31-10-3-5-11(6-4-10)32-19(20,21)22/h3-7,12-13H,2,8-9H2,1H3,(H2,23,29)(H2,24,30)(H,25,26,27)/t13-/m0/s1. The number of aromatic nitrogens is 2. The predicted octanol–water partition coefficient (Wildman–Crippen LogP) is 1.42. The minimum Gasteiger partial charge on any atom is -0.487 e. The molecule has 1 aliphatic rings. The Kier molecular flexibility index (Phi) is 6.55. The molecule has 10 nitrogen and oxygen atoms in total. The van der Waals surface area contributed by atoms with E-state index in [1.807, 2.05) is 0 Å². The fourth-order valence-electron chi connectivity index (χ4n) is 2.92. The average Bonchev–Trinajstić information content (AvgIpc) is 2.68. The van der Waals surface area contributed by atoms with Gasteiger partial charge in [0.1, 0.15) is 35.2 Å². The number of carbonyl (C=O) groups excluding carboxylic acids is 2. The molecule has 1 atom stereocenters. The number of nitrogens with zero attached hydrogens (tertiary/aromatic N) is 3. The molecule has 2 aromatic rings. The minimum absolute atomic E-state index is 0.0403. The molecule has 1 fully saturated rings. The second-order valence-electron chi connectivity index (χ2n) is 6.97. The summed E-state index contributed by atoms with van der Waals surface area (Å²) in [7, 11) is 0. The molecule has 1 aromatic heterocycles. The molecule has 5 N–H and O–H groups in total. The van der Waals surface area contributed by atoms with Crippen LogP contribution in [0.2, 0.25) is 0 Å². The second-order valence-corrected chi connectivity index (χ2v) is 6.97. The van der Waals surface area contributed by atoms with Gasteiger partial charge in [0.05, 0.1) is 13.1 Å². The van der Waals surface area contributed by atoms with Crippen LogP contribution in [0.25, 0.3) is 0 Å². The number of halogens is 3. The van der Waals surface area contributed by atoms with Gasteiger partial charge in [-0.25, -0.2) is 4.98 Å². The first kappa shape index (κ1) is 22.9. The lowest BCUT2D eigenvalue weighted by molar-refractivity contribution is -0.274. The highest BCUT2D eigenvalue weighted by Gasteiger charge is 2.33. The van der Waals surface area contributed by atoms with Crippen LogP contribution in [0.3, 0.4) is 0 Å². The van der Waals surface area contributed by atoms with Crippen molar-refractivity contribution in [2.45, 2.75) is 31.9 Å². The summed E-state index contributed by atoms with van der Waals surface area (Å²) in [5, 5.41) is 2.86. The molecule has 172 valence electrons. The average molecular weight is 454 g/mol. The van der Waals surface area contributed by atoms with Crippen molar-refractivity contribution in [2.24, 2.45) is 11.5 Å². The van der Waals surface area contributed by atoms with Crippen molar-refractivity contribution in [1.29, 1.82) is 0 Å². The number of ether oxygens (including phenoxy) is 2. The molecule has 3 rings (SSSR count). The summed E-state index contributed by atoms with van der Waals surface area (Å²) in [5.41, 5.74) is 10.6. The SMILES string of the molecule is CC[C@H](Nc1cc(C(N)=O)nc(N2CC(Oc3ccc(OC(F)(F)F)cc3)C2)n1)C(N)=O. The fourth-order valence-corrected chi connectivity index (χ4v) is 2.92. The van der Waals surface area contributed by atoms with Crippen molar-refractivity contribution in [2.75, 3.05) is 23.3 Å². The van der Waals surface area contributed by atoms with Crippen molar-refractivity contribution in [3.8, 4) is 11.5 Å². The van der Waals surface area contributed by atoms with Crippen LogP contribution in [-0.4, -0.2) is 53.4 Å². The maximum atomic E-state index is 12.2. The number of nitrogens with two attached hydrogens (primary N) is 2. The highest BCUT2D eigenvalue weighted by Crippen LogP contribution is 2.27. The third-order valence-corrected chi connectivity index (χ3v) is 4.53. The van der Waals surface area contributed by atoms with Gasteiger partial charge < -0.3 is 31.2 Å². The number of hydrogen-bond acceptors (Lipinski definition) is 8. The molecule has 0 saturated carbocycles. The van der Waals surface area contributed by atoms with Crippen molar-refractivity contribution in [3.63, 3.8) is 0 Å². The van der Waals surface area contributed by atoms with Crippen molar-refractivity contribution in [3.05, 3.63) is 36.0 Å². The molecule has 1 saturated heterocycles. The summed E-state index contributed by atoms with van der Waals surface area (Å²) >= 11 is 0. The van der Waals surface area contributed by atoms with E-state index in [2.05, 4.69) is 20.0 Å². The van der Waals surface area contributed by atoms with Crippen molar-refractivity contribution < 1.29 is 32.2 Å². The second kappa shape index (κ2) is 9.16. The molecule has 0 radical (unpaired) electrons. The fraction of sp³-hybridized carbons (Fsp3) is 0.368. The molecule has 0 unspecified atom stereocenters. The summed E-state index contributed by atoms with van der Waals surface area (Å²) in [5.74, 6) is -0.893. The molecule has 0 spiro atoms. The molecule has 13 heteroatoms. The smallest absolute Gasteiger partial charge is 0.487 e. The number of hydrogen-bond donors (Lipinski definition) is 3. The summed E-state index contributed by atoms with van der Waals surface area (Å²) in [6.07, 6.45) is -4.64. The largest absolute Gasteiger partial charge is 0.573 e. The molecule has 0 aliphatic carbocycles. The third-order valence-electron chi connectivity index (χ3n) is 4.53. The molecular formula is C19H21F3N6O4. The zero-order valence-corrected chi connectivity index (χ0v) is 16.9. The Morgan fingerprint density at radius 1 is 1.19 bits per heavy atom. The van der Waals surface area contributed by atoms with Crippen molar-refractivity contribution >= 4 is 23.6 Å². The molecule has 2 heterocycles. The van der Waals surface area contributed by atoms with Crippen LogP contribution in [0, 0.1) is 0 Å². The molecular weight excluding hydrogens is 433 g/mol. The van der Waals surface area contributed by atoms with Crippen molar-refractivity contribution in [1.82, 2.24) is 9.97 Å². The molecule has 0 bridgehead atoms. The lowest BCUT2D eigenvalue weighted by Crippen LogP contribution is -2.54. The maximum Gasteiger partial charge on any atom is 0.573 e. The molecule has 1 aliphatic heterocycles. The lowest BCUT2D eigenvalue weighted by atomic mass is 10.2. The Morgan fingerprint density at radius 3 is 2.34 bits per heavy atom. The Hall–Kier alpha value is -3.77. The first-order chi connectivity index (χ1) is 15.0. The van der Waals surface area contributed by atoms with Gasteiger partial charge in [0.2, 0.25) is 11.9 Å². The number of carbonyl (C=O) groups is 2. The Labute approximate surface area is 180 Å². The van der Waals surface area contributed by atoms with E-state index in [4.69, 9.17) is 16.2 Å². The Morgan fingerprint density at radius 2 is 1.81 bits per heavy atom. The zero-order valence-electron chi connectivity index (χ0n) is 16.9. The van der Waals surface area contributed by atoms with E-state index in [0.29, 0.717) is 25.3 Å². The number of primary amides is 2. The van der Waals surface area contributed by atoms with Crippen LogP contribution in [0.4, 0.5) is 24.9 Å². The van der Waals surface area contributed by atoms with Crippen LogP contribution < -0.4 is 31.2 Å². The lowest BCUT2D eigenvalue weighted by Gasteiger charge is -2.39. The monoisotopic (exact) mass is 454 g/mol. The third kappa shape index (κ3) is 5.89. The van der Waals surface area contributed by atoms with Gasteiger partial charge >= 0.3 is 6.36 Å². The van der Waals surface area contributed by atoms with E-state index >= 15 is 0 Å². The van der Waals surface area contributed by atoms with Crippen LogP contribution >= 0.6 is 0 Å². The zero-order chi connectivity index (χ0) is 23.5. The van der Waals surface area contributed by atoms with E-state index in [1.165, 1.54) is 18.2 Å². The van der Waals surface area contributed by atoms with Crippen LogP contribution in [0.15, 0.2) is 30.3 Å². The Balaban J connectivity index is 1.64. The quantitative estimate of drug-likeness (QED) is 0.516. The molecule has 2 amide bonds. The van der Waals surface area contributed by atoms with Crippen LogP contribution in [0.1, 0.15) is 23.8 Å². The van der Waals surface area contributed by atoms with E-state index < -0.39 is 24.2 Å². The minimum atomic E-state index is -4.77. The van der Waals surface area contributed by atoms with Gasteiger partial charge in [-0.3, -0.25) is 9.59 Å². The normalized spacial score (nSPS) is 14.9. The van der Waals surface area contributed by atoms with Crippen LogP contribution in [0.5, 0.6) is 11.5 Å². The van der Waals surface area contributed by atoms with Gasteiger partial charge in [0, 0.05) is 6.07 Å². The van der Waals surface area contributed by atoms with Crippen LogP contribution in [-0.2, 0) is 4.79 Å². The predicted molar refractivity (Wildman–Crippen MR) is 107 cm³/mol. The van der Waals surface area contributed by atoms with Gasteiger partial charge in [-0.05, 0) is 30.7 Å². The Bertz CT molecular complexity index is 980. The van der Waals surface area contributed by atoms with Gasteiger partial charge in [0.25, 0.3) is 5.91 Å². The van der Waals surface area contributed by atoms with E-state index in [9.17, 15) is 22.8 Å². The molecule has 32 heavy (non-hydrogen) atoms. The summed E-state index contributed by atoms with van der Waals surface area (Å²) < 4.78 is 46.2. The number of benzene rings is 1. The highest BCUT2D eigenvalue weighted by molar-refractivity contribution is 5.92. The van der Waals surface area contributed by atoms with E-state index in [1.54, 1.807) is 11.8 Å². The number of nitrogens with one attached hydrogen (secondary N) is 1. The number of alkyl halides is 3. The summed E-state index contributed by atoms with van der Waals surface area (Å²) in [6.45, 7) is 2.48. The van der Waals surface area contributed by atoms with Gasteiger partial charge in [0.15, 0.2) is 0 Å².